The topological polar surface area (TPSA) is 164 Å². The van der Waals surface area contributed by atoms with Crippen molar-refractivity contribution in [2.45, 2.75) is 78.3 Å². The van der Waals surface area contributed by atoms with Crippen molar-refractivity contribution >= 4 is 29.8 Å². The van der Waals surface area contributed by atoms with Gasteiger partial charge in [-0.05, 0) is 5.92 Å². The van der Waals surface area contributed by atoms with Gasteiger partial charge in [0.25, 0.3) is 5.91 Å². The van der Waals surface area contributed by atoms with Crippen LogP contribution in [0.4, 0.5) is 0 Å². The number of hydrogen-bond acceptors (Lipinski definition) is 11. The Morgan fingerprint density at radius 3 is 1.68 bits per heavy atom. The summed E-state index contributed by atoms with van der Waals surface area (Å²) < 4.78 is 26.1. The van der Waals surface area contributed by atoms with Gasteiger partial charge in [0.05, 0.1) is 12.6 Å². The highest BCUT2D eigenvalue weighted by Gasteiger charge is 2.55. The molecule has 1 amide bonds. The van der Waals surface area contributed by atoms with Gasteiger partial charge in [0.15, 0.2) is 18.3 Å². The normalized spacial score (nSPS) is 26.4. The Bertz CT molecular complexity index is 692. The Labute approximate surface area is 179 Å². The molecule has 0 spiro atoms. The molecule has 1 heterocycles. The van der Waals surface area contributed by atoms with Crippen molar-refractivity contribution in [3.05, 3.63) is 0 Å². The standard InChI is InChI=1S/C19H29NO11/c1-8(2)13(7-21)20-18(26)16-14(27-9(3)22)15(28-10(4)23)17(29-11(5)24)19(31-16)30-12(6)25/h8,13-17,19,21H,7H2,1-6H3,(H,20,26)/t13-,14+,15+,16+,17-,19-/m1/s1. The third-order valence-electron chi connectivity index (χ3n) is 4.27. The molecule has 0 bridgehead atoms. The van der Waals surface area contributed by atoms with Gasteiger partial charge in [-0.1, -0.05) is 13.8 Å². The van der Waals surface area contributed by atoms with Crippen LogP contribution in [0.15, 0.2) is 0 Å². The van der Waals surface area contributed by atoms with E-state index in [9.17, 15) is 29.1 Å². The molecule has 0 aromatic carbocycles. The average molecular weight is 447 g/mol. The molecule has 0 aromatic rings. The Morgan fingerprint density at radius 1 is 0.806 bits per heavy atom. The summed E-state index contributed by atoms with van der Waals surface area (Å²) in [5.74, 6) is -4.31. The zero-order valence-corrected chi connectivity index (χ0v) is 18.3. The van der Waals surface area contributed by atoms with Crippen LogP contribution in [0, 0.1) is 5.92 Å². The molecule has 12 nitrogen and oxygen atoms in total. The van der Waals surface area contributed by atoms with E-state index in [1.54, 1.807) is 13.8 Å². The number of hydrogen-bond donors (Lipinski definition) is 2. The van der Waals surface area contributed by atoms with Crippen molar-refractivity contribution in [3.63, 3.8) is 0 Å². The van der Waals surface area contributed by atoms with Gasteiger partial charge in [-0.25, -0.2) is 0 Å². The Morgan fingerprint density at radius 2 is 1.26 bits per heavy atom. The number of carbonyl (C=O) groups is 5. The van der Waals surface area contributed by atoms with E-state index in [4.69, 9.17) is 23.7 Å². The summed E-state index contributed by atoms with van der Waals surface area (Å²) in [5.41, 5.74) is 0. The fraction of sp³-hybridized carbons (Fsp3) is 0.737. The number of ether oxygens (including phenoxy) is 5. The smallest absolute Gasteiger partial charge is 0.305 e. The number of esters is 4. The van der Waals surface area contributed by atoms with Crippen LogP contribution in [-0.4, -0.2) is 78.2 Å². The fourth-order valence-electron chi connectivity index (χ4n) is 2.93. The molecule has 0 saturated carbocycles. The maximum Gasteiger partial charge on any atom is 0.305 e. The largest absolute Gasteiger partial charge is 0.455 e. The first-order valence-electron chi connectivity index (χ1n) is 9.62. The quantitative estimate of drug-likeness (QED) is 0.354. The van der Waals surface area contributed by atoms with E-state index in [0.717, 1.165) is 27.7 Å². The lowest BCUT2D eigenvalue weighted by atomic mass is 9.96. The molecule has 0 radical (unpaired) electrons. The van der Waals surface area contributed by atoms with Crippen LogP contribution < -0.4 is 5.32 Å². The van der Waals surface area contributed by atoms with Gasteiger partial charge >= 0.3 is 23.9 Å². The molecule has 176 valence electrons. The lowest BCUT2D eigenvalue weighted by Crippen LogP contribution is -2.66. The highest BCUT2D eigenvalue weighted by molar-refractivity contribution is 5.83. The molecule has 6 atom stereocenters. The van der Waals surface area contributed by atoms with Gasteiger partial charge in [0.2, 0.25) is 12.4 Å². The van der Waals surface area contributed by atoms with Gasteiger partial charge in [-0.3, -0.25) is 24.0 Å². The molecule has 0 aromatic heterocycles. The minimum Gasteiger partial charge on any atom is -0.455 e. The summed E-state index contributed by atoms with van der Waals surface area (Å²) in [7, 11) is 0. The summed E-state index contributed by atoms with van der Waals surface area (Å²) in [4.78, 5) is 59.5. The number of rotatable bonds is 8. The van der Waals surface area contributed by atoms with E-state index < -0.39 is 66.5 Å². The molecule has 1 rings (SSSR count). The van der Waals surface area contributed by atoms with Gasteiger partial charge in [-0.15, -0.1) is 0 Å². The molecule has 1 saturated heterocycles. The summed E-state index contributed by atoms with van der Waals surface area (Å²) >= 11 is 0. The number of amides is 1. The van der Waals surface area contributed by atoms with E-state index in [1.165, 1.54) is 0 Å². The maximum atomic E-state index is 12.9. The monoisotopic (exact) mass is 447 g/mol. The number of carbonyl (C=O) groups excluding carboxylic acids is 5. The molecule has 2 N–H and O–H groups in total. The van der Waals surface area contributed by atoms with E-state index in [2.05, 4.69) is 5.32 Å². The Hall–Kier alpha value is -2.73. The van der Waals surface area contributed by atoms with Crippen molar-refractivity contribution in [1.29, 1.82) is 0 Å². The first-order chi connectivity index (χ1) is 14.4. The van der Waals surface area contributed by atoms with Crippen LogP contribution in [0.25, 0.3) is 0 Å². The van der Waals surface area contributed by atoms with E-state index in [1.807, 2.05) is 0 Å². The minimum atomic E-state index is -1.64. The van der Waals surface area contributed by atoms with E-state index in [-0.39, 0.29) is 12.5 Å². The molecule has 1 aliphatic rings. The molecule has 1 aliphatic heterocycles. The average Bonchev–Trinajstić information content (AvgIpc) is 2.62. The van der Waals surface area contributed by atoms with Crippen molar-refractivity contribution in [2.75, 3.05) is 6.61 Å². The van der Waals surface area contributed by atoms with Crippen molar-refractivity contribution in [1.82, 2.24) is 5.32 Å². The highest BCUT2D eigenvalue weighted by atomic mass is 16.7. The van der Waals surface area contributed by atoms with Crippen LogP contribution in [0.5, 0.6) is 0 Å². The third-order valence-corrected chi connectivity index (χ3v) is 4.27. The molecular weight excluding hydrogens is 418 g/mol. The first kappa shape index (κ1) is 26.3. The Balaban J connectivity index is 3.42. The SMILES string of the molecule is CC(=O)O[C@@H]1O[C@H](C(=O)N[C@H](CO)C(C)C)[C@@H](OC(C)=O)[C@H](OC(C)=O)[C@H]1OC(C)=O. The number of aliphatic hydroxyl groups excluding tert-OH is 1. The lowest BCUT2D eigenvalue weighted by Gasteiger charge is -2.43. The van der Waals surface area contributed by atoms with Crippen molar-refractivity contribution < 1.29 is 52.8 Å². The second kappa shape index (κ2) is 11.6. The molecule has 31 heavy (non-hydrogen) atoms. The molecular formula is C19H29NO11. The first-order valence-corrected chi connectivity index (χ1v) is 9.62. The van der Waals surface area contributed by atoms with Gasteiger partial charge in [0.1, 0.15) is 0 Å². The molecule has 12 heteroatoms. The maximum absolute atomic E-state index is 12.9. The molecule has 1 fully saturated rings. The number of aliphatic hydroxyl groups is 1. The van der Waals surface area contributed by atoms with E-state index >= 15 is 0 Å². The zero-order valence-electron chi connectivity index (χ0n) is 18.3. The third kappa shape index (κ3) is 7.79. The van der Waals surface area contributed by atoms with Crippen LogP contribution in [0.1, 0.15) is 41.5 Å². The van der Waals surface area contributed by atoms with Crippen LogP contribution in [0.2, 0.25) is 0 Å². The van der Waals surface area contributed by atoms with Crippen molar-refractivity contribution in [2.24, 2.45) is 5.92 Å². The summed E-state index contributed by atoms with van der Waals surface area (Å²) in [6.45, 7) is 7.36. The summed E-state index contributed by atoms with van der Waals surface area (Å²) in [6, 6.07) is -0.667. The van der Waals surface area contributed by atoms with Gasteiger partial charge in [0, 0.05) is 27.7 Å². The van der Waals surface area contributed by atoms with Crippen molar-refractivity contribution in [3.8, 4) is 0 Å². The zero-order chi connectivity index (χ0) is 23.9. The predicted octanol–water partition coefficient (Wildman–Crippen LogP) is -0.797. The molecule has 0 aliphatic carbocycles. The Kier molecular flexibility index (Phi) is 9.85. The van der Waals surface area contributed by atoms with Crippen LogP contribution in [0.3, 0.4) is 0 Å². The van der Waals surface area contributed by atoms with Gasteiger partial charge in [-0.2, -0.15) is 0 Å². The van der Waals surface area contributed by atoms with Gasteiger partial charge < -0.3 is 34.1 Å². The second-order valence-electron chi connectivity index (χ2n) is 7.30. The van der Waals surface area contributed by atoms with Crippen LogP contribution >= 0.6 is 0 Å². The van der Waals surface area contributed by atoms with Crippen LogP contribution in [-0.2, 0) is 47.7 Å². The lowest BCUT2D eigenvalue weighted by molar-refractivity contribution is -0.290. The second-order valence-corrected chi connectivity index (χ2v) is 7.30. The minimum absolute atomic E-state index is 0.160. The fourth-order valence-corrected chi connectivity index (χ4v) is 2.93. The molecule has 0 unspecified atom stereocenters. The highest BCUT2D eigenvalue weighted by Crippen LogP contribution is 2.30. The predicted molar refractivity (Wildman–Crippen MR) is 101 cm³/mol. The number of nitrogens with one attached hydrogen (secondary N) is 1. The summed E-state index contributed by atoms with van der Waals surface area (Å²) in [5, 5.41) is 12.0. The summed E-state index contributed by atoms with van der Waals surface area (Å²) in [6.07, 6.45) is -7.83. The van der Waals surface area contributed by atoms with E-state index in [0.29, 0.717) is 0 Å².